The van der Waals surface area contributed by atoms with Crippen LogP contribution in [0.1, 0.15) is 35.3 Å². The summed E-state index contributed by atoms with van der Waals surface area (Å²) in [5.74, 6) is -0.329. The van der Waals surface area contributed by atoms with Crippen molar-refractivity contribution in [3.63, 3.8) is 0 Å². The number of hydrogen-bond acceptors (Lipinski definition) is 4. The van der Waals surface area contributed by atoms with Gasteiger partial charge in [-0.15, -0.1) is 0 Å². The van der Waals surface area contributed by atoms with Gasteiger partial charge in [-0.05, 0) is 49.2 Å². The van der Waals surface area contributed by atoms with E-state index in [-0.39, 0.29) is 10.8 Å². The van der Waals surface area contributed by atoms with Gasteiger partial charge in [0.2, 0.25) is 10.0 Å². The van der Waals surface area contributed by atoms with Crippen molar-refractivity contribution in [1.29, 1.82) is 0 Å². The van der Waals surface area contributed by atoms with E-state index in [0.29, 0.717) is 35.6 Å². The Morgan fingerprint density at radius 3 is 2.27 bits per heavy atom. The number of benzene rings is 2. The summed E-state index contributed by atoms with van der Waals surface area (Å²) in [4.78, 5) is 12.8. The number of nitrogens with two attached hydrogens (primary N) is 1. The Bertz CT molecular complexity index is 920. The summed E-state index contributed by atoms with van der Waals surface area (Å²) in [6.45, 7) is 7.92. The molecule has 2 aromatic rings. The number of nitrogens with zero attached hydrogens (tertiary/aromatic N) is 1. The lowest BCUT2D eigenvalue weighted by Gasteiger charge is -2.20. The van der Waals surface area contributed by atoms with E-state index < -0.39 is 10.0 Å². The van der Waals surface area contributed by atoms with Gasteiger partial charge < -0.3 is 11.1 Å². The Kier molecular flexibility index (Phi) is 6.05. The highest BCUT2D eigenvalue weighted by atomic mass is 32.2. The topological polar surface area (TPSA) is 92.5 Å². The van der Waals surface area contributed by atoms with Crippen molar-refractivity contribution in [3.8, 4) is 0 Å². The van der Waals surface area contributed by atoms with Crippen molar-refractivity contribution in [3.05, 3.63) is 53.1 Å². The van der Waals surface area contributed by atoms with E-state index in [1.54, 1.807) is 51.1 Å². The minimum atomic E-state index is -3.61. The largest absolute Gasteiger partial charge is 0.399 e. The van der Waals surface area contributed by atoms with Crippen LogP contribution in [0, 0.1) is 13.8 Å². The van der Waals surface area contributed by atoms with Gasteiger partial charge in [-0.1, -0.05) is 26.0 Å². The highest BCUT2D eigenvalue weighted by molar-refractivity contribution is 7.89. The predicted octanol–water partition coefficient (Wildman–Crippen LogP) is 3.17. The van der Waals surface area contributed by atoms with Gasteiger partial charge in [-0.2, -0.15) is 4.31 Å². The minimum absolute atomic E-state index is 0.197. The van der Waals surface area contributed by atoms with Crippen LogP contribution in [0.15, 0.2) is 41.3 Å². The first-order valence-corrected chi connectivity index (χ1v) is 9.93. The monoisotopic (exact) mass is 375 g/mol. The summed E-state index contributed by atoms with van der Waals surface area (Å²) in [5, 5.41) is 2.76. The molecule has 6 nitrogen and oxygen atoms in total. The van der Waals surface area contributed by atoms with Gasteiger partial charge in [0.25, 0.3) is 5.91 Å². The van der Waals surface area contributed by atoms with Gasteiger partial charge in [0.15, 0.2) is 0 Å². The zero-order valence-corrected chi connectivity index (χ0v) is 16.4. The Morgan fingerprint density at radius 2 is 1.65 bits per heavy atom. The van der Waals surface area contributed by atoms with Crippen LogP contribution in [-0.2, 0) is 10.0 Å². The van der Waals surface area contributed by atoms with E-state index >= 15 is 0 Å². The Hall–Kier alpha value is -2.38. The van der Waals surface area contributed by atoms with Gasteiger partial charge in [-0.3, -0.25) is 4.79 Å². The summed E-state index contributed by atoms with van der Waals surface area (Å²) in [5.41, 5.74) is 8.56. The number of anilines is 2. The van der Waals surface area contributed by atoms with Crippen LogP contribution in [0.25, 0.3) is 0 Å². The Balaban J connectivity index is 2.38. The van der Waals surface area contributed by atoms with Crippen LogP contribution in [0.3, 0.4) is 0 Å². The quantitative estimate of drug-likeness (QED) is 0.759. The standard InChI is InChI=1S/C19H25N3O3S/c1-5-22(6-2)26(24,25)18-12-16(10-8-14(18)4)21-19(23)17-11-15(20)9-7-13(17)3/h7-12H,5-6,20H2,1-4H3,(H,21,23). The molecule has 26 heavy (non-hydrogen) atoms. The molecule has 2 rings (SSSR count). The molecule has 2 aromatic carbocycles. The number of aryl methyl sites for hydroxylation is 2. The molecule has 0 aliphatic carbocycles. The fraction of sp³-hybridized carbons (Fsp3) is 0.316. The van der Waals surface area contributed by atoms with Crippen molar-refractivity contribution in [2.24, 2.45) is 0 Å². The number of nitrogens with one attached hydrogen (secondary N) is 1. The third-order valence-electron chi connectivity index (χ3n) is 4.28. The number of amides is 1. The number of rotatable bonds is 6. The van der Waals surface area contributed by atoms with Gasteiger partial charge in [-0.25, -0.2) is 8.42 Å². The van der Waals surface area contributed by atoms with Crippen LogP contribution in [0.2, 0.25) is 0 Å². The molecule has 0 aliphatic heterocycles. The minimum Gasteiger partial charge on any atom is -0.399 e. The summed E-state index contributed by atoms with van der Waals surface area (Å²) in [6.07, 6.45) is 0. The normalized spacial score (nSPS) is 11.6. The number of carbonyl (C=O) groups is 1. The van der Waals surface area contributed by atoms with Crippen LogP contribution in [0.4, 0.5) is 11.4 Å². The van der Waals surface area contributed by atoms with Gasteiger partial charge in [0.1, 0.15) is 0 Å². The molecule has 1 amide bonds. The molecule has 0 aromatic heterocycles. The first-order valence-electron chi connectivity index (χ1n) is 8.49. The average Bonchev–Trinajstić information content (AvgIpc) is 2.59. The highest BCUT2D eigenvalue weighted by Crippen LogP contribution is 2.24. The van der Waals surface area contributed by atoms with E-state index in [2.05, 4.69) is 5.32 Å². The molecule has 0 saturated heterocycles. The van der Waals surface area contributed by atoms with Gasteiger partial charge >= 0.3 is 0 Å². The lowest BCUT2D eigenvalue weighted by atomic mass is 10.1. The SMILES string of the molecule is CCN(CC)S(=O)(=O)c1cc(NC(=O)c2cc(N)ccc2C)ccc1C. The van der Waals surface area contributed by atoms with E-state index in [0.717, 1.165) is 5.56 Å². The van der Waals surface area contributed by atoms with Crippen molar-refractivity contribution < 1.29 is 13.2 Å². The molecule has 3 N–H and O–H groups in total. The summed E-state index contributed by atoms with van der Waals surface area (Å²) < 4.78 is 27.0. The third kappa shape index (κ3) is 4.05. The molecule has 0 bridgehead atoms. The van der Waals surface area contributed by atoms with Gasteiger partial charge in [0.05, 0.1) is 4.90 Å². The molecule has 0 fully saturated rings. The number of nitrogen functional groups attached to an aromatic ring is 1. The molecule has 0 atom stereocenters. The molecule has 7 heteroatoms. The summed E-state index contributed by atoms with van der Waals surface area (Å²) >= 11 is 0. The molecule has 0 heterocycles. The molecule has 0 aliphatic rings. The number of carbonyl (C=O) groups excluding carboxylic acids is 1. The average molecular weight is 375 g/mol. The van der Waals surface area contributed by atoms with Crippen molar-refractivity contribution >= 4 is 27.3 Å². The fourth-order valence-electron chi connectivity index (χ4n) is 2.74. The van der Waals surface area contributed by atoms with E-state index in [4.69, 9.17) is 5.73 Å². The summed E-state index contributed by atoms with van der Waals surface area (Å²) in [6, 6.07) is 9.99. The smallest absolute Gasteiger partial charge is 0.256 e. The van der Waals surface area contributed by atoms with Gasteiger partial charge in [0, 0.05) is 30.0 Å². The maximum Gasteiger partial charge on any atom is 0.256 e. The second-order valence-electron chi connectivity index (χ2n) is 6.10. The first kappa shape index (κ1) is 19.9. The molecule has 0 radical (unpaired) electrons. The van der Waals surface area contributed by atoms with E-state index in [9.17, 15) is 13.2 Å². The van der Waals surface area contributed by atoms with Crippen molar-refractivity contribution in [1.82, 2.24) is 4.31 Å². The molecule has 0 spiro atoms. The zero-order valence-electron chi connectivity index (χ0n) is 15.5. The highest BCUT2D eigenvalue weighted by Gasteiger charge is 2.24. The fourth-order valence-corrected chi connectivity index (χ4v) is 4.45. The van der Waals surface area contributed by atoms with Crippen LogP contribution in [-0.4, -0.2) is 31.7 Å². The lowest BCUT2D eigenvalue weighted by Crippen LogP contribution is -2.31. The maximum atomic E-state index is 12.8. The molecule has 0 unspecified atom stereocenters. The third-order valence-corrected chi connectivity index (χ3v) is 6.47. The zero-order chi connectivity index (χ0) is 19.5. The number of sulfonamides is 1. The van der Waals surface area contributed by atoms with Crippen molar-refractivity contribution in [2.45, 2.75) is 32.6 Å². The second kappa shape index (κ2) is 7.88. The second-order valence-corrected chi connectivity index (χ2v) is 8.00. The number of hydrogen-bond donors (Lipinski definition) is 2. The molecular formula is C19H25N3O3S. The molecular weight excluding hydrogens is 350 g/mol. The lowest BCUT2D eigenvalue weighted by molar-refractivity contribution is 0.102. The van der Waals surface area contributed by atoms with E-state index in [1.807, 2.05) is 6.92 Å². The van der Waals surface area contributed by atoms with Crippen LogP contribution < -0.4 is 11.1 Å². The predicted molar refractivity (Wildman–Crippen MR) is 105 cm³/mol. The van der Waals surface area contributed by atoms with E-state index in [1.165, 1.54) is 10.4 Å². The maximum absolute atomic E-state index is 12.8. The summed E-state index contributed by atoms with van der Waals surface area (Å²) in [7, 11) is -3.61. The van der Waals surface area contributed by atoms with Crippen LogP contribution >= 0.6 is 0 Å². The Morgan fingerprint density at radius 1 is 1.04 bits per heavy atom. The molecule has 140 valence electrons. The Labute approximate surface area is 155 Å². The van der Waals surface area contributed by atoms with Crippen LogP contribution in [0.5, 0.6) is 0 Å². The first-order chi connectivity index (χ1) is 12.2. The molecule has 0 saturated carbocycles. The van der Waals surface area contributed by atoms with Crippen molar-refractivity contribution in [2.75, 3.05) is 24.1 Å².